The van der Waals surface area contributed by atoms with Crippen molar-refractivity contribution in [3.63, 3.8) is 0 Å². The largest absolute Gasteiger partial charge is 0.465 e. The molecule has 1 aliphatic rings. The number of benzene rings is 1. The molecular weight excluding hydrogens is 463 g/mol. The van der Waals surface area contributed by atoms with Gasteiger partial charge in [0.25, 0.3) is 0 Å². The summed E-state index contributed by atoms with van der Waals surface area (Å²) in [4.78, 5) is 19.9. The van der Waals surface area contributed by atoms with Crippen LogP contribution < -0.4 is 10.6 Å². The number of aromatic nitrogens is 5. The van der Waals surface area contributed by atoms with Gasteiger partial charge in [-0.1, -0.05) is 20.8 Å². The number of aryl methyl sites for hydroxylation is 1. The Morgan fingerprint density at radius 1 is 1.11 bits per heavy atom. The van der Waals surface area contributed by atoms with E-state index in [9.17, 15) is 14.3 Å². The van der Waals surface area contributed by atoms with Crippen molar-refractivity contribution >= 4 is 23.4 Å². The molecule has 188 valence electrons. The first-order valence-electron chi connectivity index (χ1n) is 11.7. The molecule has 0 radical (unpaired) electrons. The zero-order valence-corrected chi connectivity index (χ0v) is 20.7. The second-order valence-corrected chi connectivity index (χ2v) is 10.2. The van der Waals surface area contributed by atoms with Gasteiger partial charge in [0, 0.05) is 32.2 Å². The summed E-state index contributed by atoms with van der Waals surface area (Å²) < 4.78 is 17.1. The number of hydrogen-bond donors (Lipinski definition) is 2. The Balaban J connectivity index is 1.68. The van der Waals surface area contributed by atoms with Gasteiger partial charge in [0.1, 0.15) is 23.1 Å². The monoisotopic (exact) mass is 492 g/mol. The number of nitrogens with two attached hydrogens (primary N) is 1. The number of nitrogen functional groups attached to an aromatic ring is 1. The minimum absolute atomic E-state index is 0.232. The normalized spacial score (nSPS) is 16.6. The van der Waals surface area contributed by atoms with Crippen LogP contribution in [0.5, 0.6) is 0 Å². The van der Waals surface area contributed by atoms with Crippen molar-refractivity contribution in [1.29, 1.82) is 0 Å². The van der Waals surface area contributed by atoms with Crippen LogP contribution in [0.1, 0.15) is 20.8 Å². The van der Waals surface area contributed by atoms with Gasteiger partial charge in [-0.3, -0.25) is 4.68 Å². The number of fused-ring (bicyclic) bond motifs is 1. The Kier molecular flexibility index (Phi) is 5.57. The highest BCUT2D eigenvalue weighted by Crippen LogP contribution is 2.40. The molecule has 0 aliphatic carbocycles. The molecule has 0 spiro atoms. The second kappa shape index (κ2) is 8.51. The number of hydrogen-bond acceptors (Lipinski definition) is 6. The fraction of sp³-hybridized carbons (Fsp3) is 0.360. The van der Waals surface area contributed by atoms with Crippen LogP contribution in [0.3, 0.4) is 0 Å². The predicted molar refractivity (Wildman–Crippen MR) is 135 cm³/mol. The predicted octanol–water partition coefficient (Wildman–Crippen LogP) is 3.73. The van der Waals surface area contributed by atoms with Crippen molar-refractivity contribution in [3.8, 4) is 22.5 Å². The van der Waals surface area contributed by atoms with Crippen molar-refractivity contribution in [2.75, 3.05) is 30.3 Å². The summed E-state index contributed by atoms with van der Waals surface area (Å²) in [5.74, 6) is 0.846. The SMILES string of the molecule is Cn1nc(-c2ccc(F)cc2)c(-c2ccc3nc(N)cn3n2)c1N1CCN(C(=O)O)C(C(C)(C)C)C1. The molecule has 5 rings (SSSR count). The molecule has 11 heteroatoms. The summed E-state index contributed by atoms with van der Waals surface area (Å²) in [6.45, 7) is 7.48. The Bertz CT molecular complexity index is 1440. The number of halogens is 1. The summed E-state index contributed by atoms with van der Waals surface area (Å²) in [5, 5.41) is 19.4. The van der Waals surface area contributed by atoms with Crippen LogP contribution in [-0.2, 0) is 7.05 Å². The van der Waals surface area contributed by atoms with E-state index in [2.05, 4.69) is 9.88 Å². The van der Waals surface area contributed by atoms with E-state index in [1.165, 1.54) is 17.0 Å². The second-order valence-electron chi connectivity index (χ2n) is 10.2. The minimum Gasteiger partial charge on any atom is -0.465 e. The molecule has 1 unspecified atom stereocenters. The van der Waals surface area contributed by atoms with Gasteiger partial charge in [0.2, 0.25) is 0 Å². The molecule has 4 aromatic rings. The third-order valence-corrected chi connectivity index (χ3v) is 6.65. The number of piperazine rings is 1. The zero-order chi connectivity index (χ0) is 25.8. The van der Waals surface area contributed by atoms with E-state index in [4.69, 9.17) is 15.9 Å². The lowest BCUT2D eigenvalue weighted by Crippen LogP contribution is -2.59. The highest BCUT2D eigenvalue weighted by Gasteiger charge is 2.40. The maximum atomic E-state index is 13.7. The van der Waals surface area contributed by atoms with Crippen LogP contribution in [0, 0.1) is 11.2 Å². The minimum atomic E-state index is -0.920. The molecule has 3 aromatic heterocycles. The molecule has 0 saturated carbocycles. The summed E-state index contributed by atoms with van der Waals surface area (Å²) in [7, 11) is 1.86. The van der Waals surface area contributed by atoms with E-state index in [1.54, 1.807) is 27.5 Å². The molecule has 1 saturated heterocycles. The van der Waals surface area contributed by atoms with Gasteiger partial charge in [-0.05, 0) is 41.8 Å². The highest BCUT2D eigenvalue weighted by atomic mass is 19.1. The molecule has 1 fully saturated rings. The van der Waals surface area contributed by atoms with Gasteiger partial charge >= 0.3 is 6.09 Å². The summed E-state index contributed by atoms with van der Waals surface area (Å²) in [6, 6.07) is 9.67. The Morgan fingerprint density at radius 3 is 2.50 bits per heavy atom. The standard InChI is InChI=1S/C25H29FN8O2/c1-25(2,3)18-13-32(11-12-33(18)24(35)36)23-21(17-9-10-20-28-19(27)14-34(20)29-17)22(30-31(23)4)15-5-7-16(26)8-6-15/h5-10,14,18H,11-13,27H2,1-4H3,(H,35,36). The number of carboxylic acid groups (broad SMARTS) is 1. The van der Waals surface area contributed by atoms with Crippen molar-refractivity contribution < 1.29 is 14.3 Å². The molecule has 10 nitrogen and oxygen atoms in total. The van der Waals surface area contributed by atoms with Crippen LogP contribution in [0.2, 0.25) is 0 Å². The average molecular weight is 493 g/mol. The summed E-state index contributed by atoms with van der Waals surface area (Å²) >= 11 is 0. The zero-order valence-electron chi connectivity index (χ0n) is 20.7. The smallest absolute Gasteiger partial charge is 0.407 e. The van der Waals surface area contributed by atoms with Crippen molar-refractivity contribution in [1.82, 2.24) is 29.3 Å². The molecule has 1 aromatic carbocycles. The molecule has 1 atom stereocenters. The number of anilines is 2. The lowest BCUT2D eigenvalue weighted by atomic mass is 9.84. The fourth-order valence-corrected chi connectivity index (χ4v) is 4.90. The third-order valence-electron chi connectivity index (χ3n) is 6.65. The number of rotatable bonds is 3. The number of nitrogens with zero attached hydrogens (tertiary/aromatic N) is 7. The quantitative estimate of drug-likeness (QED) is 0.447. The maximum Gasteiger partial charge on any atom is 0.407 e. The summed E-state index contributed by atoms with van der Waals surface area (Å²) in [5.41, 5.74) is 9.04. The molecule has 1 aliphatic heterocycles. The lowest BCUT2D eigenvalue weighted by Gasteiger charge is -2.46. The molecule has 0 bridgehead atoms. The Hall–Kier alpha value is -4.15. The first-order valence-corrected chi connectivity index (χ1v) is 11.7. The first-order chi connectivity index (χ1) is 17.0. The van der Waals surface area contributed by atoms with Gasteiger partial charge < -0.3 is 20.6 Å². The van der Waals surface area contributed by atoms with Crippen LogP contribution >= 0.6 is 0 Å². The van der Waals surface area contributed by atoms with E-state index in [0.717, 1.165) is 16.9 Å². The first kappa shape index (κ1) is 23.6. The summed E-state index contributed by atoms with van der Waals surface area (Å²) in [6.07, 6.45) is 0.727. The molecule has 36 heavy (non-hydrogen) atoms. The van der Waals surface area contributed by atoms with E-state index in [-0.39, 0.29) is 17.3 Å². The van der Waals surface area contributed by atoms with Gasteiger partial charge in [-0.15, -0.1) is 0 Å². The van der Waals surface area contributed by atoms with Crippen LogP contribution in [0.25, 0.3) is 28.2 Å². The maximum absolute atomic E-state index is 13.7. The van der Waals surface area contributed by atoms with Gasteiger partial charge in [-0.2, -0.15) is 10.2 Å². The van der Waals surface area contributed by atoms with Crippen LogP contribution in [-0.4, -0.2) is 66.2 Å². The molecule has 1 amide bonds. The fourth-order valence-electron chi connectivity index (χ4n) is 4.90. The van der Waals surface area contributed by atoms with Gasteiger partial charge in [-0.25, -0.2) is 18.7 Å². The van der Waals surface area contributed by atoms with Crippen LogP contribution in [0.4, 0.5) is 20.8 Å². The average Bonchev–Trinajstić information content (AvgIpc) is 3.36. The van der Waals surface area contributed by atoms with Gasteiger partial charge in [0.05, 0.1) is 23.5 Å². The van der Waals surface area contributed by atoms with Gasteiger partial charge in [0.15, 0.2) is 5.65 Å². The van der Waals surface area contributed by atoms with E-state index < -0.39 is 6.09 Å². The van der Waals surface area contributed by atoms with Crippen molar-refractivity contribution in [2.24, 2.45) is 12.5 Å². The van der Waals surface area contributed by atoms with E-state index >= 15 is 0 Å². The molecular formula is C25H29FN8O2. The lowest BCUT2D eigenvalue weighted by molar-refractivity contribution is 0.0745. The number of carbonyl (C=O) groups is 1. The third kappa shape index (κ3) is 4.10. The van der Waals surface area contributed by atoms with E-state index in [0.29, 0.717) is 42.5 Å². The number of imidazole rings is 1. The van der Waals surface area contributed by atoms with E-state index in [1.807, 2.05) is 40.0 Å². The highest BCUT2D eigenvalue weighted by molar-refractivity contribution is 5.88. The topological polar surface area (TPSA) is 118 Å². The van der Waals surface area contributed by atoms with Crippen molar-refractivity contribution in [3.05, 3.63) is 48.4 Å². The Labute approximate surface area is 207 Å². The number of amides is 1. The van der Waals surface area contributed by atoms with Crippen molar-refractivity contribution in [2.45, 2.75) is 26.8 Å². The molecule has 3 N–H and O–H groups in total. The van der Waals surface area contributed by atoms with Crippen LogP contribution in [0.15, 0.2) is 42.6 Å². The molecule has 4 heterocycles. The Morgan fingerprint density at radius 2 is 1.83 bits per heavy atom.